The lowest BCUT2D eigenvalue weighted by molar-refractivity contribution is -0.134. The molecular weight excluding hydrogens is 336 g/mol. The summed E-state index contributed by atoms with van der Waals surface area (Å²) in [5.74, 6) is 1.47. The van der Waals surface area contributed by atoms with Crippen molar-refractivity contribution in [2.45, 2.75) is 50.4 Å². The van der Waals surface area contributed by atoms with E-state index in [1.165, 1.54) is 18.2 Å². The number of thioether (sulfide) groups is 1. The van der Waals surface area contributed by atoms with Crippen LogP contribution in [0.1, 0.15) is 33.1 Å². The van der Waals surface area contributed by atoms with Crippen molar-refractivity contribution < 1.29 is 9.90 Å². The molecule has 1 aliphatic heterocycles. The summed E-state index contributed by atoms with van der Waals surface area (Å²) in [6.45, 7) is 4.26. The molecule has 1 aromatic heterocycles. The number of hydrogen-bond acceptors (Lipinski definition) is 5. The van der Waals surface area contributed by atoms with E-state index in [1.54, 1.807) is 24.3 Å². The van der Waals surface area contributed by atoms with Gasteiger partial charge in [-0.15, -0.1) is 10.2 Å². The van der Waals surface area contributed by atoms with Gasteiger partial charge >= 0.3 is 0 Å². The number of amides is 1. The third-order valence-electron chi connectivity index (χ3n) is 4.77. The van der Waals surface area contributed by atoms with Crippen molar-refractivity contribution in [3.8, 4) is 17.1 Å². The topological polar surface area (TPSA) is 71.2 Å². The summed E-state index contributed by atoms with van der Waals surface area (Å²) >= 11 is 1.42. The van der Waals surface area contributed by atoms with Gasteiger partial charge in [0.1, 0.15) is 5.75 Å². The molecule has 1 aromatic carbocycles. The van der Waals surface area contributed by atoms with Crippen molar-refractivity contribution >= 4 is 17.7 Å². The first-order valence-electron chi connectivity index (χ1n) is 8.60. The molecule has 3 rings (SSSR count). The fraction of sp³-hybridized carbons (Fsp3) is 0.500. The zero-order valence-electron chi connectivity index (χ0n) is 14.8. The van der Waals surface area contributed by atoms with Crippen LogP contribution < -0.4 is 0 Å². The first kappa shape index (κ1) is 17.8. The van der Waals surface area contributed by atoms with Crippen LogP contribution in [-0.2, 0) is 11.8 Å². The number of aromatic nitrogens is 3. The Kier molecular flexibility index (Phi) is 5.32. The molecule has 0 bridgehead atoms. The highest BCUT2D eigenvalue weighted by Crippen LogP contribution is 2.27. The molecule has 2 atom stereocenters. The summed E-state index contributed by atoms with van der Waals surface area (Å²) in [6, 6.07) is 7.47. The van der Waals surface area contributed by atoms with E-state index in [0.29, 0.717) is 23.0 Å². The fourth-order valence-corrected chi connectivity index (χ4v) is 4.20. The number of phenols is 1. The molecular formula is C18H24N4O2S. The Morgan fingerprint density at radius 3 is 2.48 bits per heavy atom. The van der Waals surface area contributed by atoms with Crippen LogP contribution in [-0.4, -0.2) is 48.5 Å². The summed E-state index contributed by atoms with van der Waals surface area (Å²) in [4.78, 5) is 14.7. The molecule has 0 spiro atoms. The van der Waals surface area contributed by atoms with Gasteiger partial charge in [0.2, 0.25) is 5.91 Å². The van der Waals surface area contributed by atoms with Gasteiger partial charge in [-0.3, -0.25) is 4.79 Å². The van der Waals surface area contributed by atoms with Crippen LogP contribution >= 0.6 is 11.8 Å². The van der Waals surface area contributed by atoms with Crippen LogP contribution in [0.15, 0.2) is 29.4 Å². The summed E-state index contributed by atoms with van der Waals surface area (Å²) in [6.07, 6.45) is 3.35. The van der Waals surface area contributed by atoms with Crippen molar-refractivity contribution in [1.29, 1.82) is 0 Å². The Hall–Kier alpha value is -2.02. The highest BCUT2D eigenvalue weighted by atomic mass is 32.2. The molecule has 134 valence electrons. The Labute approximate surface area is 152 Å². The van der Waals surface area contributed by atoms with Gasteiger partial charge in [0, 0.05) is 24.7 Å². The van der Waals surface area contributed by atoms with Crippen molar-refractivity contribution in [3.63, 3.8) is 0 Å². The number of aromatic hydroxyl groups is 1. The number of phenolic OH excluding ortho intramolecular Hbond substituents is 1. The molecule has 2 heterocycles. The predicted molar refractivity (Wildman–Crippen MR) is 98.4 cm³/mol. The van der Waals surface area contributed by atoms with Gasteiger partial charge in [0.05, 0.1) is 5.75 Å². The van der Waals surface area contributed by atoms with Gasteiger partial charge in [-0.2, -0.15) is 0 Å². The quantitative estimate of drug-likeness (QED) is 0.849. The molecule has 6 nitrogen and oxygen atoms in total. The van der Waals surface area contributed by atoms with Crippen LogP contribution in [0.3, 0.4) is 0 Å². The number of hydrogen-bond donors (Lipinski definition) is 1. The zero-order chi connectivity index (χ0) is 18.0. The molecule has 0 aliphatic carbocycles. The minimum absolute atomic E-state index is 0.166. The van der Waals surface area contributed by atoms with Crippen molar-refractivity contribution in [1.82, 2.24) is 19.7 Å². The van der Waals surface area contributed by atoms with E-state index in [0.717, 1.165) is 24.2 Å². The third kappa shape index (κ3) is 3.81. The Bertz CT molecular complexity index is 734. The third-order valence-corrected chi connectivity index (χ3v) is 5.77. The lowest BCUT2D eigenvalue weighted by atomic mass is 9.98. The second kappa shape index (κ2) is 7.47. The predicted octanol–water partition coefficient (Wildman–Crippen LogP) is 3.07. The van der Waals surface area contributed by atoms with E-state index in [-0.39, 0.29) is 11.7 Å². The summed E-state index contributed by atoms with van der Waals surface area (Å²) < 4.78 is 1.88. The van der Waals surface area contributed by atoms with Crippen LogP contribution in [0.5, 0.6) is 5.75 Å². The number of piperidine rings is 1. The van der Waals surface area contributed by atoms with Crippen LogP contribution in [0, 0.1) is 0 Å². The maximum absolute atomic E-state index is 12.6. The molecule has 1 amide bonds. The number of carbonyl (C=O) groups is 1. The van der Waals surface area contributed by atoms with Gasteiger partial charge < -0.3 is 14.6 Å². The Morgan fingerprint density at radius 2 is 1.84 bits per heavy atom. The average molecular weight is 360 g/mol. The summed E-state index contributed by atoms with van der Waals surface area (Å²) in [5, 5.41) is 18.6. The van der Waals surface area contributed by atoms with E-state index >= 15 is 0 Å². The lowest BCUT2D eigenvalue weighted by Gasteiger charge is -2.39. The minimum Gasteiger partial charge on any atom is -0.508 e. The maximum Gasteiger partial charge on any atom is 0.233 e. The standard InChI is InChI=1S/C18H24N4O2S/c1-12-5-4-6-13(2)22(12)16(24)11-25-18-20-19-17(21(18)3)14-7-9-15(23)10-8-14/h7-10,12-13,23H,4-6,11H2,1-3H3/t12-,13-/m0/s1. The highest BCUT2D eigenvalue weighted by Gasteiger charge is 2.29. The molecule has 2 aromatic rings. The first-order chi connectivity index (χ1) is 12.0. The molecule has 0 saturated carbocycles. The average Bonchev–Trinajstić information content (AvgIpc) is 2.94. The van der Waals surface area contributed by atoms with Gasteiger partial charge in [-0.05, 0) is 57.4 Å². The molecule has 0 unspecified atom stereocenters. The van der Waals surface area contributed by atoms with E-state index in [1.807, 2.05) is 16.5 Å². The number of nitrogens with zero attached hydrogens (tertiary/aromatic N) is 4. The molecule has 7 heteroatoms. The van der Waals surface area contributed by atoms with Crippen molar-refractivity contribution in [3.05, 3.63) is 24.3 Å². The summed E-state index contributed by atoms with van der Waals surface area (Å²) in [7, 11) is 1.89. The van der Waals surface area contributed by atoms with Crippen molar-refractivity contribution in [2.75, 3.05) is 5.75 Å². The molecule has 25 heavy (non-hydrogen) atoms. The fourth-order valence-electron chi connectivity index (χ4n) is 3.42. The molecule has 0 radical (unpaired) electrons. The molecule has 1 aliphatic rings. The Morgan fingerprint density at radius 1 is 1.20 bits per heavy atom. The molecule has 1 N–H and O–H groups in total. The molecule has 1 fully saturated rings. The van der Waals surface area contributed by atoms with Crippen LogP contribution in [0.4, 0.5) is 0 Å². The van der Waals surface area contributed by atoms with Crippen molar-refractivity contribution in [2.24, 2.45) is 7.05 Å². The second-order valence-corrected chi connectivity index (χ2v) is 7.57. The largest absolute Gasteiger partial charge is 0.508 e. The number of carbonyl (C=O) groups excluding carboxylic acids is 1. The SMILES string of the molecule is C[C@H]1CCC[C@H](C)N1C(=O)CSc1nnc(-c2ccc(O)cc2)n1C. The zero-order valence-corrected chi connectivity index (χ0v) is 15.7. The van der Waals surface area contributed by atoms with Gasteiger partial charge in [-0.1, -0.05) is 11.8 Å². The number of likely N-dealkylation sites (tertiary alicyclic amines) is 1. The van der Waals surface area contributed by atoms with Crippen LogP contribution in [0.25, 0.3) is 11.4 Å². The second-order valence-electron chi connectivity index (χ2n) is 6.63. The van der Waals surface area contributed by atoms with E-state index in [4.69, 9.17) is 0 Å². The number of rotatable bonds is 4. The van der Waals surface area contributed by atoms with E-state index in [2.05, 4.69) is 24.0 Å². The molecule has 1 saturated heterocycles. The highest BCUT2D eigenvalue weighted by molar-refractivity contribution is 7.99. The van der Waals surface area contributed by atoms with E-state index < -0.39 is 0 Å². The van der Waals surface area contributed by atoms with Gasteiger partial charge in [-0.25, -0.2) is 0 Å². The lowest BCUT2D eigenvalue weighted by Crippen LogP contribution is -2.48. The minimum atomic E-state index is 0.166. The first-order valence-corrected chi connectivity index (χ1v) is 9.58. The normalized spacial score (nSPS) is 20.7. The van der Waals surface area contributed by atoms with Gasteiger partial charge in [0.15, 0.2) is 11.0 Å². The smallest absolute Gasteiger partial charge is 0.233 e. The Balaban J connectivity index is 1.68. The summed E-state index contributed by atoms with van der Waals surface area (Å²) in [5.41, 5.74) is 0.879. The van der Waals surface area contributed by atoms with E-state index in [9.17, 15) is 9.90 Å². The van der Waals surface area contributed by atoms with Crippen LogP contribution in [0.2, 0.25) is 0 Å². The maximum atomic E-state index is 12.6. The van der Waals surface area contributed by atoms with Gasteiger partial charge in [0.25, 0.3) is 0 Å². The number of benzene rings is 1. The monoisotopic (exact) mass is 360 g/mol.